The SMILES string of the molecule is CCN1C(=CC2=CC3=CC4=CC(=Cc5sc6ccc7ccccc7c6[n+]5CC)CCC4CC3CC2)Sc2ccc3ccccc3c21. The van der Waals surface area contributed by atoms with Crippen LogP contribution in [0.3, 0.4) is 0 Å². The van der Waals surface area contributed by atoms with Crippen LogP contribution in [0.15, 0.2) is 129 Å². The van der Waals surface area contributed by atoms with Gasteiger partial charge in [0.2, 0.25) is 5.52 Å². The fourth-order valence-electron chi connectivity index (χ4n) is 8.32. The van der Waals surface area contributed by atoms with E-state index in [2.05, 4.69) is 126 Å². The predicted molar refractivity (Wildman–Crippen MR) is 198 cm³/mol. The van der Waals surface area contributed by atoms with Crippen LogP contribution in [0.4, 0.5) is 5.69 Å². The number of aromatic nitrogens is 1. The molecule has 0 saturated carbocycles. The number of anilines is 1. The number of aryl methyl sites for hydroxylation is 1. The van der Waals surface area contributed by atoms with Crippen molar-refractivity contribution >= 4 is 66.6 Å². The minimum Gasteiger partial charge on any atom is -0.335 e. The maximum atomic E-state index is 2.57. The molecule has 0 bridgehead atoms. The highest BCUT2D eigenvalue weighted by Gasteiger charge is 2.32. The van der Waals surface area contributed by atoms with Gasteiger partial charge in [0.05, 0.1) is 16.1 Å². The zero-order valence-corrected chi connectivity index (χ0v) is 28.3. The molecule has 0 radical (unpaired) electrons. The Balaban J connectivity index is 1.04. The molecule has 5 aromatic rings. The first-order chi connectivity index (χ1) is 22.7. The molecule has 0 N–H and O–H groups in total. The third-order valence-electron chi connectivity index (χ3n) is 10.6. The molecule has 2 unspecified atom stereocenters. The number of fused-ring (bicyclic) bond motifs is 8. The van der Waals surface area contributed by atoms with Gasteiger partial charge in [0.15, 0.2) is 0 Å². The third-order valence-corrected chi connectivity index (χ3v) is 12.8. The van der Waals surface area contributed by atoms with Crippen molar-refractivity contribution in [3.05, 3.63) is 129 Å². The highest BCUT2D eigenvalue weighted by atomic mass is 32.2. The van der Waals surface area contributed by atoms with Crippen molar-refractivity contribution < 1.29 is 4.57 Å². The Hall–Kier alpha value is -3.86. The number of thiazole rings is 1. The second kappa shape index (κ2) is 11.4. The maximum Gasteiger partial charge on any atom is 0.263 e. The number of nitrogens with zero attached hydrogens (tertiary/aromatic N) is 2. The van der Waals surface area contributed by atoms with Crippen LogP contribution < -0.4 is 9.47 Å². The Morgan fingerprint density at radius 3 is 2.35 bits per heavy atom. The summed E-state index contributed by atoms with van der Waals surface area (Å²) in [6.45, 7) is 6.53. The first-order valence-corrected chi connectivity index (χ1v) is 18.7. The topological polar surface area (TPSA) is 7.12 Å². The average Bonchev–Trinajstić information content (AvgIpc) is 3.64. The second-order valence-electron chi connectivity index (χ2n) is 13.2. The van der Waals surface area contributed by atoms with Crippen LogP contribution in [0, 0.1) is 11.8 Å². The number of benzene rings is 4. The first-order valence-electron chi connectivity index (χ1n) is 17.0. The minimum absolute atomic E-state index is 0.701. The van der Waals surface area contributed by atoms with Gasteiger partial charge >= 0.3 is 0 Å². The largest absolute Gasteiger partial charge is 0.335 e. The maximum absolute atomic E-state index is 2.57. The van der Waals surface area contributed by atoms with E-state index in [1.807, 2.05) is 23.1 Å². The molecule has 46 heavy (non-hydrogen) atoms. The van der Waals surface area contributed by atoms with E-state index in [1.165, 1.54) is 95.6 Å². The van der Waals surface area contributed by atoms with Gasteiger partial charge in [0, 0.05) is 22.9 Å². The molecule has 0 fully saturated rings. The molecule has 0 amide bonds. The number of hydrogen-bond donors (Lipinski definition) is 0. The number of rotatable bonds is 4. The molecule has 4 aliphatic rings. The van der Waals surface area contributed by atoms with E-state index in [0.29, 0.717) is 11.8 Å². The van der Waals surface area contributed by atoms with Crippen LogP contribution in [-0.4, -0.2) is 6.54 Å². The summed E-state index contributed by atoms with van der Waals surface area (Å²) in [7, 11) is 0. The van der Waals surface area contributed by atoms with E-state index in [1.54, 1.807) is 11.1 Å². The second-order valence-corrected chi connectivity index (χ2v) is 15.3. The van der Waals surface area contributed by atoms with Gasteiger partial charge in [-0.1, -0.05) is 95.9 Å². The Bertz CT molecular complexity index is 2210. The van der Waals surface area contributed by atoms with E-state index < -0.39 is 0 Å². The molecule has 1 aliphatic heterocycles. The molecule has 2 nitrogen and oxygen atoms in total. The molecule has 2 atom stereocenters. The van der Waals surface area contributed by atoms with Gasteiger partial charge in [-0.2, -0.15) is 4.57 Å². The third kappa shape index (κ3) is 4.72. The molecular weight excluding hydrogens is 597 g/mol. The Morgan fingerprint density at radius 1 is 0.783 bits per heavy atom. The van der Waals surface area contributed by atoms with Crippen LogP contribution in [0.5, 0.6) is 0 Å². The zero-order valence-electron chi connectivity index (χ0n) is 26.6. The normalized spacial score (nSPS) is 22.7. The number of allylic oxidation sites excluding steroid dienone is 8. The van der Waals surface area contributed by atoms with Crippen LogP contribution in [0.2, 0.25) is 0 Å². The summed E-state index contributed by atoms with van der Waals surface area (Å²) in [4.78, 5) is 3.91. The zero-order chi connectivity index (χ0) is 30.8. The molecule has 4 aromatic carbocycles. The quantitative estimate of drug-likeness (QED) is 0.181. The van der Waals surface area contributed by atoms with Gasteiger partial charge in [0.25, 0.3) is 5.01 Å². The van der Waals surface area contributed by atoms with Crippen molar-refractivity contribution in [1.82, 2.24) is 0 Å². The Kier molecular flexibility index (Phi) is 7.05. The number of thioether (sulfide) groups is 1. The van der Waals surface area contributed by atoms with Gasteiger partial charge in [0.1, 0.15) is 11.2 Å². The van der Waals surface area contributed by atoms with E-state index >= 15 is 0 Å². The average molecular weight is 636 g/mol. The van der Waals surface area contributed by atoms with Crippen molar-refractivity contribution in [2.45, 2.75) is 57.4 Å². The highest BCUT2D eigenvalue weighted by molar-refractivity contribution is 8.03. The molecule has 9 rings (SSSR count). The fraction of sp³-hybridized carbons (Fsp3) is 0.262. The van der Waals surface area contributed by atoms with Crippen molar-refractivity contribution in [3.8, 4) is 0 Å². The summed E-state index contributed by atoms with van der Waals surface area (Å²) >= 11 is 3.88. The van der Waals surface area contributed by atoms with E-state index in [4.69, 9.17) is 0 Å². The minimum atomic E-state index is 0.701. The number of hydrogen-bond acceptors (Lipinski definition) is 3. The van der Waals surface area contributed by atoms with Crippen molar-refractivity contribution in [1.29, 1.82) is 0 Å². The van der Waals surface area contributed by atoms with E-state index in [-0.39, 0.29) is 0 Å². The lowest BCUT2D eigenvalue weighted by Gasteiger charge is -2.36. The van der Waals surface area contributed by atoms with Crippen molar-refractivity contribution in [3.63, 3.8) is 0 Å². The standard InChI is InChI=1S/C42H39N2S2/c1-3-43-39(45-37-19-17-29-9-5-7-11-35(29)41(37)43)23-27-13-15-31-25-32-16-14-28(22-34(32)26-33(31)21-27)24-40-44(4-2)42-36-12-8-6-10-30(36)18-20-38(42)46-40/h5-12,17-24,26,31-32H,3-4,13-16,25H2,1-2H3/q+1. The van der Waals surface area contributed by atoms with E-state index in [0.717, 1.165) is 13.1 Å². The first kappa shape index (κ1) is 28.4. The molecule has 2 heterocycles. The van der Waals surface area contributed by atoms with Gasteiger partial charge in [-0.3, -0.25) is 0 Å². The molecular formula is C42H39N2S2+. The van der Waals surface area contributed by atoms with Crippen LogP contribution in [0.25, 0.3) is 37.8 Å². The summed E-state index contributed by atoms with van der Waals surface area (Å²) in [6.07, 6.45) is 18.8. The summed E-state index contributed by atoms with van der Waals surface area (Å²) < 4.78 is 3.91. The van der Waals surface area contributed by atoms with Gasteiger partial charge in [-0.15, -0.1) is 0 Å². The molecule has 228 valence electrons. The van der Waals surface area contributed by atoms with Crippen LogP contribution in [-0.2, 0) is 6.54 Å². The lowest BCUT2D eigenvalue weighted by atomic mass is 9.69. The molecule has 0 spiro atoms. The van der Waals surface area contributed by atoms with E-state index in [9.17, 15) is 0 Å². The Labute approximate surface area is 280 Å². The Morgan fingerprint density at radius 2 is 1.52 bits per heavy atom. The van der Waals surface area contributed by atoms with Crippen molar-refractivity contribution in [2.75, 3.05) is 11.4 Å². The monoisotopic (exact) mass is 635 g/mol. The molecule has 4 heteroatoms. The molecule has 0 saturated heterocycles. The summed E-state index contributed by atoms with van der Waals surface area (Å²) in [5, 5.41) is 8.10. The highest BCUT2D eigenvalue weighted by Crippen LogP contribution is 2.51. The summed E-state index contributed by atoms with van der Waals surface area (Å²) in [5.74, 6) is 1.40. The van der Waals surface area contributed by atoms with Gasteiger partial charge < -0.3 is 4.90 Å². The molecule has 1 aromatic heterocycles. The smallest absolute Gasteiger partial charge is 0.263 e. The molecule has 3 aliphatic carbocycles. The lowest BCUT2D eigenvalue weighted by Crippen LogP contribution is -2.33. The predicted octanol–water partition coefficient (Wildman–Crippen LogP) is 11.4. The fourth-order valence-corrected chi connectivity index (χ4v) is 10.8. The summed E-state index contributed by atoms with van der Waals surface area (Å²) in [5.41, 5.74) is 8.82. The van der Waals surface area contributed by atoms with Crippen LogP contribution >= 0.6 is 23.1 Å². The van der Waals surface area contributed by atoms with Gasteiger partial charge in [-0.05, 0) is 115 Å². The summed E-state index contributed by atoms with van der Waals surface area (Å²) in [6, 6.07) is 26.8. The van der Waals surface area contributed by atoms with Gasteiger partial charge in [-0.25, -0.2) is 0 Å². The van der Waals surface area contributed by atoms with Crippen LogP contribution in [0.1, 0.15) is 51.0 Å². The van der Waals surface area contributed by atoms with Crippen molar-refractivity contribution in [2.24, 2.45) is 11.8 Å². The lowest BCUT2D eigenvalue weighted by molar-refractivity contribution is -0.664.